The van der Waals surface area contributed by atoms with Gasteiger partial charge in [0.25, 0.3) is 0 Å². The monoisotopic (exact) mass is 454 g/mol. The largest absolute Gasteiger partial charge is 0.494 e. The summed E-state index contributed by atoms with van der Waals surface area (Å²) in [6.07, 6.45) is 0.425. The summed E-state index contributed by atoms with van der Waals surface area (Å²) in [6.45, 7) is 0. The lowest BCUT2D eigenvalue weighted by atomic mass is 10.0. The van der Waals surface area contributed by atoms with E-state index in [1.54, 1.807) is 36.4 Å². The predicted molar refractivity (Wildman–Crippen MR) is 120 cm³/mol. The molecule has 4 rings (SSSR count). The molecule has 0 aliphatic heterocycles. The van der Waals surface area contributed by atoms with E-state index in [2.05, 4.69) is 4.98 Å². The lowest BCUT2D eigenvalue weighted by molar-refractivity contribution is 0.416. The molecule has 158 valence electrons. The zero-order valence-corrected chi connectivity index (χ0v) is 18.2. The van der Waals surface area contributed by atoms with E-state index in [1.165, 1.54) is 13.2 Å². The first-order valence-electron chi connectivity index (χ1n) is 9.37. The molecule has 0 radical (unpaired) electrons. The van der Waals surface area contributed by atoms with E-state index in [0.717, 1.165) is 5.56 Å². The number of aromatic nitrogens is 1. The summed E-state index contributed by atoms with van der Waals surface area (Å²) in [5.41, 5.74) is 2.31. The summed E-state index contributed by atoms with van der Waals surface area (Å²) in [6, 6.07) is 21.3. The van der Waals surface area contributed by atoms with Crippen molar-refractivity contribution in [2.24, 2.45) is 5.14 Å². The van der Waals surface area contributed by atoms with Crippen LogP contribution in [0.15, 0.2) is 82.1 Å². The van der Waals surface area contributed by atoms with Gasteiger partial charge in [-0.3, -0.25) is 0 Å². The van der Waals surface area contributed by atoms with Gasteiger partial charge >= 0.3 is 0 Å². The van der Waals surface area contributed by atoms with E-state index in [9.17, 15) is 8.42 Å². The highest BCUT2D eigenvalue weighted by molar-refractivity contribution is 7.89. The van der Waals surface area contributed by atoms with Crippen LogP contribution in [0.5, 0.6) is 5.75 Å². The third-order valence-corrected chi connectivity index (χ3v) is 6.00. The maximum atomic E-state index is 12.2. The number of benzene rings is 3. The Balaban J connectivity index is 1.96. The number of para-hydroxylation sites is 1. The van der Waals surface area contributed by atoms with Crippen LogP contribution in [0.3, 0.4) is 0 Å². The van der Waals surface area contributed by atoms with Gasteiger partial charge in [0.1, 0.15) is 11.4 Å². The fourth-order valence-electron chi connectivity index (χ4n) is 3.38. The lowest BCUT2D eigenvalue weighted by Crippen LogP contribution is -2.13. The van der Waals surface area contributed by atoms with Crippen LogP contribution in [0, 0.1) is 0 Å². The Morgan fingerprint density at radius 2 is 1.65 bits per heavy atom. The van der Waals surface area contributed by atoms with Crippen LogP contribution in [0.4, 0.5) is 0 Å². The highest BCUT2D eigenvalue weighted by Crippen LogP contribution is 2.42. The summed E-state index contributed by atoms with van der Waals surface area (Å²) in [5.74, 6) is 1.11. The van der Waals surface area contributed by atoms with E-state index in [1.807, 2.05) is 30.3 Å². The summed E-state index contributed by atoms with van der Waals surface area (Å²) >= 11 is 6.32. The third kappa shape index (κ3) is 4.34. The van der Waals surface area contributed by atoms with Crippen LogP contribution in [-0.4, -0.2) is 20.5 Å². The molecule has 3 aromatic carbocycles. The number of hydrogen-bond acceptors (Lipinski definition) is 5. The third-order valence-electron chi connectivity index (χ3n) is 4.73. The van der Waals surface area contributed by atoms with Gasteiger partial charge in [-0.25, -0.2) is 18.5 Å². The molecule has 1 heterocycles. The minimum Gasteiger partial charge on any atom is -0.494 e. The van der Waals surface area contributed by atoms with Gasteiger partial charge in [-0.2, -0.15) is 0 Å². The molecule has 0 bridgehead atoms. The fraction of sp³-hybridized carbons (Fsp3) is 0.0870. The number of oxazole rings is 1. The number of nitrogens with zero attached hydrogens (tertiary/aromatic N) is 1. The average molecular weight is 455 g/mol. The minimum atomic E-state index is -4.00. The Kier molecular flexibility index (Phi) is 5.82. The van der Waals surface area contributed by atoms with Gasteiger partial charge in [0.05, 0.1) is 17.0 Å². The number of halogens is 1. The number of nitrogens with two attached hydrogens (primary N) is 1. The van der Waals surface area contributed by atoms with E-state index in [4.69, 9.17) is 25.9 Å². The van der Waals surface area contributed by atoms with Crippen LogP contribution >= 0.6 is 11.6 Å². The Bertz CT molecular complexity index is 1330. The molecule has 0 atom stereocenters. The van der Waals surface area contributed by atoms with Crippen LogP contribution < -0.4 is 9.88 Å². The second-order valence-corrected chi connectivity index (χ2v) is 8.75. The van der Waals surface area contributed by atoms with Crippen molar-refractivity contribution in [3.8, 4) is 28.3 Å². The summed E-state index contributed by atoms with van der Waals surface area (Å²) in [5, 5.41) is 5.86. The second-order valence-electron chi connectivity index (χ2n) is 6.81. The molecule has 4 aromatic rings. The quantitative estimate of drug-likeness (QED) is 0.446. The molecule has 0 saturated heterocycles. The van der Waals surface area contributed by atoms with Gasteiger partial charge < -0.3 is 9.15 Å². The second kappa shape index (κ2) is 8.55. The number of primary sulfonamides is 1. The molecule has 2 N–H and O–H groups in total. The van der Waals surface area contributed by atoms with Crippen LogP contribution in [0.1, 0.15) is 11.5 Å². The molecule has 31 heavy (non-hydrogen) atoms. The van der Waals surface area contributed by atoms with Gasteiger partial charge in [0.2, 0.25) is 10.0 Å². The molecule has 0 aliphatic carbocycles. The van der Waals surface area contributed by atoms with Gasteiger partial charge in [0.15, 0.2) is 11.7 Å². The van der Waals surface area contributed by atoms with Crippen LogP contribution in [0.2, 0.25) is 5.02 Å². The molecule has 0 amide bonds. The van der Waals surface area contributed by atoms with E-state index in [-0.39, 0.29) is 10.7 Å². The maximum Gasteiger partial charge on any atom is 0.238 e. The highest BCUT2D eigenvalue weighted by atomic mass is 35.5. The smallest absolute Gasteiger partial charge is 0.238 e. The first kappa shape index (κ1) is 21.1. The van der Waals surface area contributed by atoms with Crippen LogP contribution in [-0.2, 0) is 16.4 Å². The molecule has 0 spiro atoms. The molecule has 0 saturated carbocycles. The standard InChI is InChI=1S/C23H19ClN2O4S/c1-29-22-17(11-7-12-18(22)24)21-23(16-10-5-6-13-19(16)31(25,27)28)30-20(26-21)14-15-8-3-2-4-9-15/h2-13H,14H2,1H3,(H2,25,27,28). The zero-order chi connectivity index (χ0) is 22.0. The van der Waals surface area contributed by atoms with Crippen molar-refractivity contribution in [2.75, 3.05) is 7.11 Å². The molecular formula is C23H19ClN2O4S. The molecule has 0 fully saturated rings. The van der Waals surface area contributed by atoms with Crippen molar-refractivity contribution in [1.29, 1.82) is 0 Å². The summed E-state index contributed by atoms with van der Waals surface area (Å²) < 4.78 is 36.0. The predicted octanol–water partition coefficient (Wildman–Crippen LogP) is 4.91. The van der Waals surface area contributed by atoms with E-state index >= 15 is 0 Å². The number of sulfonamides is 1. The van der Waals surface area contributed by atoms with Gasteiger partial charge in [0, 0.05) is 17.5 Å². The SMILES string of the molecule is COc1c(Cl)cccc1-c1nc(Cc2ccccc2)oc1-c1ccccc1S(N)(=O)=O. The molecule has 0 unspecified atom stereocenters. The Labute approximate surface area is 185 Å². The lowest BCUT2D eigenvalue weighted by Gasteiger charge is -2.10. The Hall–Kier alpha value is -3.13. The van der Waals surface area contributed by atoms with Crippen molar-refractivity contribution in [3.63, 3.8) is 0 Å². The van der Waals surface area contributed by atoms with Crippen LogP contribution in [0.25, 0.3) is 22.6 Å². The van der Waals surface area contributed by atoms with Crippen molar-refractivity contribution in [1.82, 2.24) is 4.98 Å². The molecule has 0 aliphatic rings. The fourth-order valence-corrected chi connectivity index (χ4v) is 4.37. The van der Waals surface area contributed by atoms with Crippen molar-refractivity contribution >= 4 is 21.6 Å². The first-order valence-corrected chi connectivity index (χ1v) is 11.3. The minimum absolute atomic E-state index is 0.0559. The number of ether oxygens (including phenoxy) is 1. The summed E-state index contributed by atoms with van der Waals surface area (Å²) in [4.78, 5) is 4.63. The highest BCUT2D eigenvalue weighted by Gasteiger charge is 2.25. The Morgan fingerprint density at radius 3 is 2.35 bits per heavy atom. The van der Waals surface area contributed by atoms with Crippen molar-refractivity contribution in [3.05, 3.63) is 89.3 Å². The van der Waals surface area contributed by atoms with Crippen molar-refractivity contribution in [2.45, 2.75) is 11.3 Å². The number of hydrogen-bond donors (Lipinski definition) is 1. The maximum absolute atomic E-state index is 12.2. The van der Waals surface area contributed by atoms with E-state index < -0.39 is 10.0 Å². The van der Waals surface area contributed by atoms with E-state index in [0.29, 0.717) is 39.9 Å². The Morgan fingerprint density at radius 1 is 0.968 bits per heavy atom. The molecular weight excluding hydrogens is 436 g/mol. The molecule has 8 heteroatoms. The number of methoxy groups -OCH3 is 1. The number of rotatable bonds is 6. The summed E-state index contributed by atoms with van der Waals surface area (Å²) in [7, 11) is -2.49. The van der Waals surface area contributed by atoms with Gasteiger partial charge in [-0.15, -0.1) is 0 Å². The zero-order valence-electron chi connectivity index (χ0n) is 16.6. The van der Waals surface area contributed by atoms with Crippen molar-refractivity contribution < 1.29 is 17.6 Å². The topological polar surface area (TPSA) is 95.4 Å². The average Bonchev–Trinajstić information content (AvgIpc) is 3.17. The van der Waals surface area contributed by atoms with Gasteiger partial charge in [-0.1, -0.05) is 60.1 Å². The normalized spacial score (nSPS) is 11.5. The first-order chi connectivity index (χ1) is 14.9. The van der Waals surface area contributed by atoms with Gasteiger partial charge in [-0.05, 0) is 29.8 Å². The molecule has 6 nitrogen and oxygen atoms in total. The molecule has 1 aromatic heterocycles.